The van der Waals surface area contributed by atoms with Crippen LogP contribution in [0.25, 0.3) is 0 Å². The number of halogens is 1. The van der Waals surface area contributed by atoms with Gasteiger partial charge in [-0.1, -0.05) is 213 Å². The van der Waals surface area contributed by atoms with E-state index in [0.29, 0.717) is 25.8 Å². The number of carboxylic acid groups (broad SMARTS) is 2. The Morgan fingerprint density at radius 1 is 0.431 bits per heavy atom. The smallest absolute Gasteiger partial charge is 0.329 e. The van der Waals surface area contributed by atoms with E-state index in [9.17, 15) is 24.6 Å². The Labute approximate surface area is 371 Å². The Kier molecular flexibility index (Phi) is 41.9. The van der Waals surface area contributed by atoms with Gasteiger partial charge in [-0.25, -0.2) is 4.79 Å². The van der Waals surface area contributed by atoms with E-state index >= 15 is 0 Å². The van der Waals surface area contributed by atoms with Crippen molar-refractivity contribution in [3.05, 3.63) is 0 Å². The van der Waals surface area contributed by atoms with Crippen molar-refractivity contribution in [3.8, 4) is 0 Å². The summed E-state index contributed by atoms with van der Waals surface area (Å²) < 4.78 is 1.00. The number of aliphatic carboxylic acids is 2. The lowest BCUT2D eigenvalue weighted by atomic mass is 9.84. The molecule has 0 aromatic carbocycles. The third-order valence-electron chi connectivity index (χ3n) is 12.4. The van der Waals surface area contributed by atoms with Gasteiger partial charge in [0.15, 0.2) is 0 Å². The Balaban J connectivity index is 0. The second kappa shape index (κ2) is 41.2. The average molecular weight is 888 g/mol. The summed E-state index contributed by atoms with van der Waals surface area (Å²) in [4.78, 5) is 40.8. The van der Waals surface area contributed by atoms with E-state index in [1.54, 1.807) is 4.90 Å². The molecule has 8 heteroatoms. The number of hydrogen-bond acceptors (Lipinski definition) is 3. The summed E-state index contributed by atoms with van der Waals surface area (Å²) in [6.07, 6.45) is 42.6. The van der Waals surface area contributed by atoms with Crippen molar-refractivity contribution in [2.45, 2.75) is 270 Å². The Morgan fingerprint density at radius 3 is 1.10 bits per heavy atom. The zero-order valence-corrected chi connectivity index (χ0v) is 41.0. The number of nitrogens with zero attached hydrogens (tertiary/aromatic N) is 2. The number of hydrogen-bond donors (Lipinski definition) is 2. The van der Waals surface area contributed by atoms with Crippen LogP contribution in [0, 0.1) is 0 Å². The fraction of sp³-hybridized carbons (Fsp3) is 0.940. The maximum atomic E-state index is 14.0. The Hall–Kier alpha value is -1.15. The minimum Gasteiger partial charge on any atom is -1.00 e. The third-order valence-corrected chi connectivity index (χ3v) is 12.4. The molecule has 0 spiro atoms. The number of unbranched alkanes of at least 4 members (excludes halogenated alkanes) is 32. The lowest BCUT2D eigenvalue weighted by Crippen LogP contribution is -3.00. The molecule has 1 atom stereocenters. The lowest BCUT2D eigenvalue weighted by molar-refractivity contribution is -0.870. The summed E-state index contributed by atoms with van der Waals surface area (Å²) in [6, 6.07) is 0. The van der Waals surface area contributed by atoms with Crippen LogP contribution >= 0.6 is 0 Å². The first-order valence-corrected chi connectivity index (χ1v) is 25.1. The van der Waals surface area contributed by atoms with E-state index in [4.69, 9.17) is 0 Å². The van der Waals surface area contributed by atoms with E-state index < -0.39 is 17.5 Å². The topological polar surface area (TPSA) is 94.9 Å². The first kappa shape index (κ1) is 58.9. The fourth-order valence-electron chi connectivity index (χ4n) is 8.57. The number of carbonyl (C=O) groups is 3. The highest BCUT2D eigenvalue weighted by Crippen LogP contribution is 2.32. The van der Waals surface area contributed by atoms with Crippen molar-refractivity contribution in [2.75, 3.05) is 34.2 Å². The van der Waals surface area contributed by atoms with Gasteiger partial charge in [0.2, 0.25) is 5.91 Å². The molecule has 58 heavy (non-hydrogen) atoms. The Bertz CT molecular complexity index is 941. The highest BCUT2D eigenvalue weighted by molar-refractivity contribution is 5.87. The summed E-state index contributed by atoms with van der Waals surface area (Å²) in [5.74, 6) is -2.11. The van der Waals surface area contributed by atoms with Gasteiger partial charge in [-0.05, 0) is 38.5 Å². The van der Waals surface area contributed by atoms with Gasteiger partial charge in [0.25, 0.3) is 0 Å². The maximum Gasteiger partial charge on any atom is 0.329 e. The summed E-state index contributed by atoms with van der Waals surface area (Å²) in [5.41, 5.74) is -1.45. The average Bonchev–Trinajstić information content (AvgIpc) is 3.16. The zero-order chi connectivity index (χ0) is 42.3. The first-order chi connectivity index (χ1) is 27.5. The maximum absolute atomic E-state index is 14.0. The molecule has 0 aliphatic carbocycles. The van der Waals surface area contributed by atoms with Crippen LogP contribution in [0.2, 0.25) is 0 Å². The van der Waals surface area contributed by atoms with Crippen molar-refractivity contribution < 1.29 is 46.1 Å². The van der Waals surface area contributed by atoms with Gasteiger partial charge in [-0.15, -0.1) is 0 Å². The van der Waals surface area contributed by atoms with E-state index in [0.717, 1.165) is 62.3 Å². The second-order valence-corrected chi connectivity index (χ2v) is 19.0. The normalized spacial score (nSPS) is 12.6. The molecule has 1 amide bonds. The van der Waals surface area contributed by atoms with Crippen LogP contribution in [0.3, 0.4) is 0 Å². The molecule has 2 N–H and O–H groups in total. The molecular formula is C50H99BrN2O5. The van der Waals surface area contributed by atoms with Crippen molar-refractivity contribution >= 4 is 17.8 Å². The van der Waals surface area contributed by atoms with Gasteiger partial charge < -0.3 is 36.6 Å². The van der Waals surface area contributed by atoms with Crippen molar-refractivity contribution in [2.24, 2.45) is 0 Å². The van der Waals surface area contributed by atoms with Gasteiger partial charge in [-0.2, -0.15) is 0 Å². The third kappa shape index (κ3) is 35.6. The van der Waals surface area contributed by atoms with E-state index in [2.05, 4.69) is 35.0 Å². The number of amides is 1. The molecule has 0 bridgehead atoms. The van der Waals surface area contributed by atoms with E-state index in [1.807, 2.05) is 0 Å². The summed E-state index contributed by atoms with van der Waals surface area (Å²) >= 11 is 0. The summed E-state index contributed by atoms with van der Waals surface area (Å²) in [6.45, 7) is 6.13. The predicted octanol–water partition coefficient (Wildman–Crippen LogP) is 11.7. The zero-order valence-electron chi connectivity index (χ0n) is 39.4. The predicted molar refractivity (Wildman–Crippen MR) is 244 cm³/mol. The van der Waals surface area contributed by atoms with Gasteiger partial charge >= 0.3 is 11.9 Å². The summed E-state index contributed by atoms with van der Waals surface area (Å²) in [7, 11) is 6.71. The highest BCUT2D eigenvalue weighted by atomic mass is 79.9. The van der Waals surface area contributed by atoms with Gasteiger partial charge in [0.1, 0.15) is 5.54 Å². The van der Waals surface area contributed by atoms with E-state index in [-0.39, 0.29) is 35.7 Å². The Morgan fingerprint density at radius 2 is 0.759 bits per heavy atom. The highest BCUT2D eigenvalue weighted by Gasteiger charge is 2.45. The standard InChI is InChI=1S/C50H98N2O5.BrH/c1-6-8-10-12-14-16-18-20-22-24-26-30-34-38-43-50(49(56)57,44-42-48(54)55)51(47(53)41-37-33-29-28-32-36-40-46-52(3,4)5)45-39-35-31-27-25-23-21-19-17-15-13-11-9-7-2;/h6-46H2,1-5H3,(H-,54,55,56,57);1H/t50-;/m1./s1. The van der Waals surface area contributed by atoms with Crippen LogP contribution in [-0.4, -0.2) is 77.2 Å². The molecule has 0 aliphatic heterocycles. The molecule has 346 valence electrons. The van der Waals surface area contributed by atoms with Gasteiger partial charge in [-0.3, -0.25) is 9.59 Å². The number of rotatable bonds is 45. The van der Waals surface area contributed by atoms with Crippen molar-refractivity contribution in [1.29, 1.82) is 0 Å². The molecule has 0 aromatic heterocycles. The molecule has 0 unspecified atom stereocenters. The van der Waals surface area contributed by atoms with Crippen LogP contribution < -0.4 is 17.0 Å². The number of quaternary nitrogens is 1. The van der Waals surface area contributed by atoms with Gasteiger partial charge in [0, 0.05) is 19.4 Å². The van der Waals surface area contributed by atoms with Crippen LogP contribution in [0.4, 0.5) is 0 Å². The number of carbonyl (C=O) groups excluding carboxylic acids is 1. The molecule has 0 radical (unpaired) electrons. The second-order valence-electron chi connectivity index (χ2n) is 19.0. The largest absolute Gasteiger partial charge is 1.00 e. The first-order valence-electron chi connectivity index (χ1n) is 25.1. The van der Waals surface area contributed by atoms with Crippen molar-refractivity contribution in [1.82, 2.24) is 4.90 Å². The molecule has 0 aromatic rings. The molecule has 7 nitrogen and oxygen atoms in total. The fourth-order valence-corrected chi connectivity index (χ4v) is 8.57. The monoisotopic (exact) mass is 887 g/mol. The van der Waals surface area contributed by atoms with E-state index in [1.165, 1.54) is 167 Å². The minimum atomic E-state index is -1.45. The SMILES string of the molecule is CCCCCCCCCCCCCCCCN(C(=O)CCCCCCCCC[N+](C)(C)C)[C@](CCCCCCCCCCCCCCCC)(CCC(=O)O)C(=O)O.[Br-]. The quantitative estimate of drug-likeness (QED) is 0.0469. The molecular weight excluding hydrogens is 788 g/mol. The molecule has 0 rings (SSSR count). The molecule has 0 fully saturated rings. The van der Waals surface area contributed by atoms with Gasteiger partial charge in [0.05, 0.1) is 27.7 Å². The van der Waals surface area contributed by atoms with Crippen LogP contribution in [0.1, 0.15) is 264 Å². The lowest BCUT2D eigenvalue weighted by Gasteiger charge is -2.41. The molecule has 0 saturated carbocycles. The minimum absolute atomic E-state index is 0. The summed E-state index contributed by atoms with van der Waals surface area (Å²) in [5, 5.41) is 20.6. The van der Waals surface area contributed by atoms with Crippen LogP contribution in [0.5, 0.6) is 0 Å². The molecule has 0 aliphatic rings. The van der Waals surface area contributed by atoms with Crippen molar-refractivity contribution in [3.63, 3.8) is 0 Å². The molecule has 0 heterocycles. The van der Waals surface area contributed by atoms with Crippen LogP contribution in [-0.2, 0) is 14.4 Å². The molecule has 0 saturated heterocycles. The van der Waals surface area contributed by atoms with Crippen LogP contribution in [0.15, 0.2) is 0 Å². The number of carboxylic acids is 2.